The van der Waals surface area contributed by atoms with E-state index in [9.17, 15) is 26.4 Å². The van der Waals surface area contributed by atoms with E-state index >= 15 is 0 Å². The molecule has 11 heteroatoms. The van der Waals surface area contributed by atoms with E-state index in [1.54, 1.807) is 0 Å². The number of benzene rings is 2. The smallest absolute Gasteiger partial charge is 0.337 e. The number of carbonyl (C=O) groups is 2. The highest BCUT2D eigenvalue weighted by Crippen LogP contribution is 2.26. The molecule has 0 aliphatic carbocycles. The fraction of sp³-hybridized carbons (Fsp3) is 0. The molecule has 132 valence electrons. The number of carboxylic acid groups (broad SMARTS) is 2. The second kappa shape index (κ2) is 6.27. The van der Waals surface area contributed by atoms with Crippen molar-refractivity contribution in [3.05, 3.63) is 53.6 Å². The van der Waals surface area contributed by atoms with Gasteiger partial charge in [-0.25, -0.2) is 18.0 Å². The monoisotopic (exact) mass is 386 g/mol. The van der Waals surface area contributed by atoms with Gasteiger partial charge in [0.15, 0.2) is 0 Å². The second-order valence-corrected chi connectivity index (χ2v) is 8.11. The Morgan fingerprint density at radius 1 is 0.760 bits per heavy atom. The van der Waals surface area contributed by atoms with Gasteiger partial charge >= 0.3 is 11.9 Å². The summed E-state index contributed by atoms with van der Waals surface area (Å²) in [6.45, 7) is 0. The summed E-state index contributed by atoms with van der Waals surface area (Å²) in [5.74, 6) is -3.03. The Kier molecular flexibility index (Phi) is 4.66. The molecule has 0 atom stereocenters. The van der Waals surface area contributed by atoms with Crippen molar-refractivity contribution in [2.45, 2.75) is 14.7 Å². The van der Waals surface area contributed by atoms with Crippen LogP contribution >= 0.6 is 0 Å². The molecule has 0 radical (unpaired) electrons. The first-order valence-corrected chi connectivity index (χ1v) is 9.30. The molecular formula is C14H10O9S2. The molecule has 0 aliphatic heterocycles. The van der Waals surface area contributed by atoms with Crippen LogP contribution in [0.1, 0.15) is 20.7 Å². The predicted octanol–water partition coefficient (Wildman–Crippen LogP) is 1.16. The van der Waals surface area contributed by atoms with Crippen molar-refractivity contribution in [1.82, 2.24) is 0 Å². The molecule has 0 fully saturated rings. The van der Waals surface area contributed by atoms with Crippen molar-refractivity contribution in [1.29, 1.82) is 0 Å². The molecule has 0 aromatic heterocycles. The minimum atomic E-state index is -4.54. The van der Waals surface area contributed by atoms with Gasteiger partial charge in [-0.05, 0) is 42.5 Å². The van der Waals surface area contributed by atoms with Crippen LogP contribution in [0.15, 0.2) is 57.2 Å². The number of rotatable bonds is 5. The van der Waals surface area contributed by atoms with Gasteiger partial charge in [0.05, 0.1) is 25.8 Å². The lowest BCUT2D eigenvalue weighted by molar-refractivity contribution is 0.0678. The minimum absolute atomic E-state index is 0.432. The van der Waals surface area contributed by atoms with Crippen LogP contribution in [0.25, 0.3) is 0 Å². The summed E-state index contributed by atoms with van der Waals surface area (Å²) in [4.78, 5) is 20.5. The van der Waals surface area contributed by atoms with Crippen molar-refractivity contribution in [3.8, 4) is 0 Å². The van der Waals surface area contributed by atoms with Gasteiger partial charge in [-0.15, -0.1) is 0 Å². The Bertz CT molecular complexity index is 1070. The van der Waals surface area contributed by atoms with Gasteiger partial charge in [-0.1, -0.05) is 0 Å². The number of aromatic carboxylic acids is 2. The summed E-state index contributed by atoms with van der Waals surface area (Å²) < 4.78 is 56.1. The SMILES string of the molecule is O=C(O)c1ccc(C(=O)O)c(S(=O)(=O)c2ccc(S(=O)(=O)O)cc2)c1. The lowest BCUT2D eigenvalue weighted by Crippen LogP contribution is -2.12. The number of sulfone groups is 1. The maximum absolute atomic E-state index is 12.6. The Balaban J connectivity index is 2.68. The first-order valence-electron chi connectivity index (χ1n) is 6.38. The van der Waals surface area contributed by atoms with Crippen LogP contribution in [0.3, 0.4) is 0 Å². The molecule has 0 heterocycles. The number of carboxylic acids is 2. The average molecular weight is 386 g/mol. The van der Waals surface area contributed by atoms with Crippen LogP contribution in [0.4, 0.5) is 0 Å². The van der Waals surface area contributed by atoms with Gasteiger partial charge in [0.2, 0.25) is 9.84 Å². The zero-order valence-electron chi connectivity index (χ0n) is 12.1. The second-order valence-electron chi connectivity index (χ2n) is 4.77. The largest absolute Gasteiger partial charge is 0.478 e. The quantitative estimate of drug-likeness (QED) is 0.640. The molecule has 0 saturated carbocycles. The maximum Gasteiger partial charge on any atom is 0.337 e. The summed E-state index contributed by atoms with van der Waals surface area (Å²) in [6.07, 6.45) is 0. The number of hydrogen-bond donors (Lipinski definition) is 3. The molecule has 0 saturated heterocycles. The van der Waals surface area contributed by atoms with Crippen LogP contribution in [-0.2, 0) is 20.0 Å². The van der Waals surface area contributed by atoms with E-state index in [4.69, 9.17) is 14.8 Å². The molecule has 0 unspecified atom stereocenters. The van der Waals surface area contributed by atoms with Crippen molar-refractivity contribution in [3.63, 3.8) is 0 Å². The van der Waals surface area contributed by atoms with Crippen LogP contribution in [0.2, 0.25) is 0 Å². The minimum Gasteiger partial charge on any atom is -0.478 e. The summed E-state index contributed by atoms with van der Waals surface area (Å²) in [6, 6.07) is 5.87. The van der Waals surface area contributed by atoms with Gasteiger partial charge in [-0.2, -0.15) is 8.42 Å². The Morgan fingerprint density at radius 3 is 1.72 bits per heavy atom. The van der Waals surface area contributed by atoms with Crippen LogP contribution < -0.4 is 0 Å². The Labute approximate surface area is 141 Å². The van der Waals surface area contributed by atoms with Gasteiger partial charge in [0.1, 0.15) is 0 Å². The van der Waals surface area contributed by atoms with Gasteiger partial charge < -0.3 is 10.2 Å². The molecule has 0 aliphatic rings. The van der Waals surface area contributed by atoms with Crippen LogP contribution in [0, 0.1) is 0 Å². The van der Waals surface area contributed by atoms with E-state index in [0.29, 0.717) is 6.07 Å². The molecule has 3 N–H and O–H groups in total. The fourth-order valence-electron chi connectivity index (χ4n) is 1.97. The van der Waals surface area contributed by atoms with Crippen molar-refractivity contribution in [2.75, 3.05) is 0 Å². The molecule has 0 amide bonds. The van der Waals surface area contributed by atoms with Crippen LogP contribution in [0.5, 0.6) is 0 Å². The highest BCUT2D eigenvalue weighted by atomic mass is 32.2. The lowest BCUT2D eigenvalue weighted by atomic mass is 10.1. The van der Waals surface area contributed by atoms with Crippen molar-refractivity contribution < 1.29 is 41.2 Å². The molecule has 2 rings (SSSR count). The third kappa shape index (κ3) is 3.68. The Morgan fingerprint density at radius 2 is 1.28 bits per heavy atom. The van der Waals surface area contributed by atoms with Gasteiger partial charge in [0.25, 0.3) is 10.1 Å². The molecule has 2 aromatic rings. The standard InChI is InChI=1S/C14H10O9S2/c15-13(16)8-1-6-11(14(17)18)12(7-8)24(19,20)9-2-4-10(5-3-9)25(21,22)23/h1-7H,(H,15,16)(H,17,18)(H,21,22,23). The Hall–Kier alpha value is -2.76. The molecule has 2 aromatic carbocycles. The molecule has 0 bridgehead atoms. The highest BCUT2D eigenvalue weighted by Gasteiger charge is 2.26. The zero-order chi connectivity index (χ0) is 19.0. The third-order valence-corrected chi connectivity index (χ3v) is 5.86. The van der Waals surface area contributed by atoms with Crippen molar-refractivity contribution in [2.24, 2.45) is 0 Å². The maximum atomic E-state index is 12.6. The van der Waals surface area contributed by atoms with Crippen molar-refractivity contribution >= 4 is 31.9 Å². The molecule has 9 nitrogen and oxygen atoms in total. The molecular weight excluding hydrogens is 376 g/mol. The van der Waals surface area contributed by atoms with E-state index in [1.165, 1.54) is 0 Å². The van der Waals surface area contributed by atoms with E-state index in [0.717, 1.165) is 36.4 Å². The number of hydrogen-bond acceptors (Lipinski definition) is 6. The van der Waals surface area contributed by atoms with Gasteiger partial charge in [-0.3, -0.25) is 4.55 Å². The fourth-order valence-corrected chi connectivity index (χ4v) is 3.93. The summed E-state index contributed by atoms with van der Waals surface area (Å²) in [5.41, 5.74) is -1.07. The summed E-state index contributed by atoms with van der Waals surface area (Å²) in [5, 5.41) is 18.1. The first-order chi connectivity index (χ1) is 11.4. The highest BCUT2D eigenvalue weighted by molar-refractivity contribution is 7.91. The van der Waals surface area contributed by atoms with E-state index in [1.807, 2.05) is 0 Å². The average Bonchev–Trinajstić information content (AvgIpc) is 2.53. The summed E-state index contributed by atoms with van der Waals surface area (Å²) in [7, 11) is -8.99. The first kappa shape index (κ1) is 18.6. The van der Waals surface area contributed by atoms with Gasteiger partial charge in [0, 0.05) is 0 Å². The third-order valence-electron chi connectivity index (χ3n) is 3.18. The molecule has 25 heavy (non-hydrogen) atoms. The van der Waals surface area contributed by atoms with E-state index in [2.05, 4.69) is 0 Å². The normalized spacial score (nSPS) is 11.9. The summed E-state index contributed by atoms with van der Waals surface area (Å²) >= 11 is 0. The zero-order valence-corrected chi connectivity index (χ0v) is 13.8. The predicted molar refractivity (Wildman–Crippen MR) is 82.1 cm³/mol. The molecule has 0 spiro atoms. The van der Waals surface area contributed by atoms with E-state index in [-0.39, 0.29) is 0 Å². The van der Waals surface area contributed by atoms with Crippen LogP contribution in [-0.4, -0.2) is 43.5 Å². The van der Waals surface area contributed by atoms with E-state index < -0.39 is 57.7 Å². The topological polar surface area (TPSA) is 163 Å². The lowest BCUT2D eigenvalue weighted by Gasteiger charge is -2.09.